The molecule has 138 valence electrons. The van der Waals surface area contributed by atoms with Gasteiger partial charge in [-0.2, -0.15) is 0 Å². The number of aromatic nitrogens is 1. The van der Waals surface area contributed by atoms with Crippen LogP contribution in [-0.4, -0.2) is 16.8 Å². The quantitative estimate of drug-likeness (QED) is 0.653. The summed E-state index contributed by atoms with van der Waals surface area (Å²) in [7, 11) is 0. The van der Waals surface area contributed by atoms with E-state index in [9.17, 15) is 9.59 Å². The maximum absolute atomic E-state index is 12.2. The summed E-state index contributed by atoms with van der Waals surface area (Å²) in [6.07, 6.45) is 1.04. The van der Waals surface area contributed by atoms with Crippen molar-refractivity contribution >= 4 is 28.3 Å². The number of amides is 2. The summed E-state index contributed by atoms with van der Waals surface area (Å²) in [5.41, 5.74) is 3.63. The first-order valence-corrected chi connectivity index (χ1v) is 9.61. The highest BCUT2D eigenvalue weighted by molar-refractivity contribution is 7.14. The number of carbonyl (C=O) groups is 2. The zero-order valence-corrected chi connectivity index (χ0v) is 15.9. The Morgan fingerprint density at radius 1 is 1.00 bits per heavy atom. The van der Waals surface area contributed by atoms with E-state index in [0.29, 0.717) is 30.2 Å². The van der Waals surface area contributed by atoms with Crippen molar-refractivity contribution in [1.82, 2.24) is 10.3 Å². The lowest BCUT2D eigenvalue weighted by molar-refractivity contribution is -0.116. The van der Waals surface area contributed by atoms with Gasteiger partial charge in [0.2, 0.25) is 5.91 Å². The van der Waals surface area contributed by atoms with Gasteiger partial charge in [0.15, 0.2) is 5.13 Å². The zero-order chi connectivity index (χ0) is 19.1. The van der Waals surface area contributed by atoms with Crippen molar-refractivity contribution in [3.63, 3.8) is 0 Å². The van der Waals surface area contributed by atoms with Crippen molar-refractivity contribution in [2.45, 2.75) is 26.3 Å². The van der Waals surface area contributed by atoms with Crippen LogP contribution in [0.2, 0.25) is 0 Å². The van der Waals surface area contributed by atoms with Crippen LogP contribution in [0, 0.1) is 6.92 Å². The summed E-state index contributed by atoms with van der Waals surface area (Å²) >= 11 is 1.25. The number of nitrogens with zero attached hydrogens (tertiary/aromatic N) is 1. The standard InChI is InChI=1S/C21H21N3O2S/c1-15-7-9-17(10-8-15)13-22-20(26)18-14-27-21(23-18)24-19(25)12-11-16-5-3-2-4-6-16/h2-10,14H,11-13H2,1H3,(H,22,26)(H,23,24,25). The molecule has 1 aromatic heterocycles. The number of benzene rings is 2. The summed E-state index contributed by atoms with van der Waals surface area (Å²) < 4.78 is 0. The fourth-order valence-electron chi connectivity index (χ4n) is 2.50. The number of hydrogen-bond acceptors (Lipinski definition) is 4. The number of rotatable bonds is 7. The van der Waals surface area contributed by atoms with Crippen molar-refractivity contribution < 1.29 is 9.59 Å². The van der Waals surface area contributed by atoms with E-state index in [1.54, 1.807) is 5.38 Å². The highest BCUT2D eigenvalue weighted by Crippen LogP contribution is 2.16. The molecule has 3 aromatic rings. The molecule has 0 fully saturated rings. The molecule has 2 amide bonds. The molecule has 0 aliphatic rings. The third kappa shape index (κ3) is 5.76. The van der Waals surface area contributed by atoms with E-state index < -0.39 is 0 Å². The molecule has 5 nitrogen and oxygen atoms in total. The zero-order valence-electron chi connectivity index (χ0n) is 15.1. The first-order chi connectivity index (χ1) is 13.1. The van der Waals surface area contributed by atoms with Gasteiger partial charge in [-0.25, -0.2) is 4.98 Å². The van der Waals surface area contributed by atoms with E-state index in [1.165, 1.54) is 16.9 Å². The van der Waals surface area contributed by atoms with Gasteiger partial charge < -0.3 is 10.6 Å². The first-order valence-electron chi connectivity index (χ1n) is 8.73. The minimum atomic E-state index is -0.253. The van der Waals surface area contributed by atoms with Crippen LogP contribution in [0.3, 0.4) is 0 Å². The Kier molecular flexibility index (Phi) is 6.33. The monoisotopic (exact) mass is 379 g/mol. The Bertz CT molecular complexity index is 905. The van der Waals surface area contributed by atoms with E-state index in [-0.39, 0.29) is 11.8 Å². The highest BCUT2D eigenvalue weighted by Gasteiger charge is 2.12. The average Bonchev–Trinajstić information content (AvgIpc) is 3.15. The van der Waals surface area contributed by atoms with Gasteiger partial charge in [-0.1, -0.05) is 60.2 Å². The third-order valence-corrected chi connectivity index (χ3v) is 4.80. The molecular formula is C21H21N3O2S. The summed E-state index contributed by atoms with van der Waals surface area (Å²) in [4.78, 5) is 28.5. The molecule has 0 spiro atoms. The second-order valence-corrected chi connectivity index (χ2v) is 7.10. The largest absolute Gasteiger partial charge is 0.347 e. The van der Waals surface area contributed by atoms with Crippen molar-refractivity contribution in [1.29, 1.82) is 0 Å². The molecule has 0 radical (unpaired) electrons. The molecule has 3 rings (SSSR count). The maximum Gasteiger partial charge on any atom is 0.271 e. The Labute approximate surface area is 162 Å². The maximum atomic E-state index is 12.2. The van der Waals surface area contributed by atoms with Crippen molar-refractivity contribution in [2.75, 3.05) is 5.32 Å². The molecular weight excluding hydrogens is 358 g/mol. The van der Waals surface area contributed by atoms with E-state index >= 15 is 0 Å². The number of hydrogen-bond donors (Lipinski definition) is 2. The predicted octanol–water partition coefficient (Wildman–Crippen LogP) is 3.95. The van der Waals surface area contributed by atoms with Crippen LogP contribution < -0.4 is 10.6 Å². The summed E-state index contributed by atoms with van der Waals surface area (Å²) in [6, 6.07) is 17.8. The predicted molar refractivity (Wildman–Crippen MR) is 108 cm³/mol. The summed E-state index contributed by atoms with van der Waals surface area (Å²) in [5, 5.41) is 7.69. The average molecular weight is 379 g/mol. The van der Waals surface area contributed by atoms with Gasteiger partial charge in [-0.15, -0.1) is 11.3 Å². The Balaban J connectivity index is 1.47. The van der Waals surface area contributed by atoms with Crippen LogP contribution in [0.25, 0.3) is 0 Å². The number of nitrogens with one attached hydrogen (secondary N) is 2. The highest BCUT2D eigenvalue weighted by atomic mass is 32.1. The van der Waals surface area contributed by atoms with Crippen molar-refractivity contribution in [3.8, 4) is 0 Å². The van der Waals surface area contributed by atoms with Gasteiger partial charge in [-0.3, -0.25) is 9.59 Å². The van der Waals surface area contributed by atoms with E-state index in [1.807, 2.05) is 61.5 Å². The molecule has 0 aliphatic heterocycles. The number of aryl methyl sites for hydroxylation is 2. The summed E-state index contributed by atoms with van der Waals surface area (Å²) in [6.45, 7) is 2.46. The molecule has 0 atom stereocenters. The molecule has 0 bridgehead atoms. The lowest BCUT2D eigenvalue weighted by Gasteiger charge is -2.04. The Hall–Kier alpha value is -2.99. The number of anilines is 1. The van der Waals surface area contributed by atoms with Gasteiger partial charge in [0.1, 0.15) is 5.69 Å². The molecule has 2 N–H and O–H groups in total. The number of thiazole rings is 1. The smallest absolute Gasteiger partial charge is 0.271 e. The van der Waals surface area contributed by atoms with Crippen molar-refractivity contribution in [2.24, 2.45) is 0 Å². The number of carbonyl (C=O) groups excluding carboxylic acids is 2. The molecule has 0 aliphatic carbocycles. The third-order valence-electron chi connectivity index (χ3n) is 4.04. The van der Waals surface area contributed by atoms with Gasteiger partial charge in [0, 0.05) is 18.3 Å². The van der Waals surface area contributed by atoms with E-state index in [4.69, 9.17) is 0 Å². The topological polar surface area (TPSA) is 71.1 Å². The molecule has 2 aromatic carbocycles. The molecule has 1 heterocycles. The van der Waals surface area contributed by atoms with E-state index in [0.717, 1.165) is 11.1 Å². The molecule has 0 saturated heterocycles. The summed E-state index contributed by atoms with van der Waals surface area (Å²) in [5.74, 6) is -0.364. The molecule has 27 heavy (non-hydrogen) atoms. The van der Waals surface area contributed by atoms with Crippen LogP contribution in [-0.2, 0) is 17.8 Å². The molecule has 0 saturated carbocycles. The molecule has 0 unspecified atom stereocenters. The van der Waals surface area contributed by atoms with Crippen LogP contribution in [0.1, 0.15) is 33.6 Å². The Morgan fingerprint density at radius 2 is 1.74 bits per heavy atom. The van der Waals surface area contributed by atoms with Crippen LogP contribution in [0.5, 0.6) is 0 Å². The van der Waals surface area contributed by atoms with Gasteiger partial charge >= 0.3 is 0 Å². The first kappa shape index (κ1) is 18.8. The normalized spacial score (nSPS) is 10.4. The van der Waals surface area contributed by atoms with Gasteiger partial charge in [0.05, 0.1) is 0 Å². The van der Waals surface area contributed by atoms with Crippen LogP contribution in [0.15, 0.2) is 60.0 Å². The minimum Gasteiger partial charge on any atom is -0.347 e. The van der Waals surface area contributed by atoms with Crippen LogP contribution >= 0.6 is 11.3 Å². The Morgan fingerprint density at radius 3 is 2.48 bits per heavy atom. The second-order valence-electron chi connectivity index (χ2n) is 6.24. The van der Waals surface area contributed by atoms with Gasteiger partial charge in [-0.05, 0) is 24.5 Å². The van der Waals surface area contributed by atoms with Gasteiger partial charge in [0.25, 0.3) is 5.91 Å². The molecule has 6 heteroatoms. The van der Waals surface area contributed by atoms with Crippen LogP contribution in [0.4, 0.5) is 5.13 Å². The second kappa shape index (κ2) is 9.09. The minimum absolute atomic E-state index is 0.111. The lowest BCUT2D eigenvalue weighted by Crippen LogP contribution is -2.23. The van der Waals surface area contributed by atoms with Crippen molar-refractivity contribution in [3.05, 3.63) is 82.4 Å². The SMILES string of the molecule is Cc1ccc(CNC(=O)c2csc(NC(=O)CCc3ccccc3)n2)cc1. The fraction of sp³-hybridized carbons (Fsp3) is 0.190. The fourth-order valence-corrected chi connectivity index (χ4v) is 3.21. The lowest BCUT2D eigenvalue weighted by atomic mass is 10.1. The van der Waals surface area contributed by atoms with E-state index in [2.05, 4.69) is 15.6 Å².